The highest BCUT2D eigenvalue weighted by atomic mass is 16.6. The first-order valence-corrected chi connectivity index (χ1v) is 12.6. The quantitative estimate of drug-likeness (QED) is 0.448. The average molecular weight is 524 g/mol. The van der Waals surface area contributed by atoms with E-state index in [4.69, 9.17) is 9.47 Å². The van der Waals surface area contributed by atoms with E-state index in [1.165, 1.54) is 0 Å². The largest absolute Gasteiger partial charge is 0.486 e. The molecule has 0 aliphatic carbocycles. The lowest BCUT2D eigenvalue weighted by Gasteiger charge is -2.24. The van der Waals surface area contributed by atoms with Crippen LogP contribution in [-0.4, -0.2) is 57.1 Å². The number of nitriles is 1. The second-order valence-corrected chi connectivity index (χ2v) is 9.58. The van der Waals surface area contributed by atoms with Gasteiger partial charge in [0.05, 0.1) is 28.6 Å². The van der Waals surface area contributed by atoms with E-state index in [1.54, 1.807) is 30.0 Å². The van der Waals surface area contributed by atoms with Crippen LogP contribution in [0.1, 0.15) is 23.6 Å². The number of rotatable bonds is 7. The Morgan fingerprint density at radius 3 is 2.44 bits per heavy atom. The summed E-state index contributed by atoms with van der Waals surface area (Å²) in [6, 6.07) is 20.3. The zero-order valence-corrected chi connectivity index (χ0v) is 22.1. The van der Waals surface area contributed by atoms with Gasteiger partial charge in [-0.05, 0) is 68.7 Å². The van der Waals surface area contributed by atoms with Crippen molar-refractivity contribution in [3.8, 4) is 17.6 Å². The molecule has 2 amide bonds. The minimum atomic E-state index is -0.277. The molecule has 2 aliphatic heterocycles. The Balaban J connectivity index is 1.55. The highest BCUT2D eigenvalue weighted by Crippen LogP contribution is 2.40. The molecular weight excluding hydrogens is 494 g/mol. The van der Waals surface area contributed by atoms with Crippen molar-refractivity contribution in [2.24, 2.45) is 0 Å². The molecule has 3 aromatic rings. The van der Waals surface area contributed by atoms with Crippen molar-refractivity contribution in [3.63, 3.8) is 0 Å². The summed E-state index contributed by atoms with van der Waals surface area (Å²) in [4.78, 5) is 29.3. The Morgan fingerprint density at radius 2 is 1.74 bits per heavy atom. The summed E-state index contributed by atoms with van der Waals surface area (Å²) < 4.78 is 11.5. The van der Waals surface area contributed by atoms with Gasteiger partial charge < -0.3 is 29.9 Å². The molecule has 0 saturated heterocycles. The lowest BCUT2D eigenvalue weighted by molar-refractivity contribution is -0.116. The highest BCUT2D eigenvalue weighted by Gasteiger charge is 2.29. The van der Waals surface area contributed by atoms with Crippen LogP contribution in [0.2, 0.25) is 0 Å². The summed E-state index contributed by atoms with van der Waals surface area (Å²) >= 11 is 0. The first kappa shape index (κ1) is 25.8. The molecule has 39 heavy (non-hydrogen) atoms. The van der Waals surface area contributed by atoms with Crippen molar-refractivity contribution in [1.29, 1.82) is 5.26 Å². The first-order chi connectivity index (χ1) is 18.8. The van der Waals surface area contributed by atoms with Crippen molar-refractivity contribution in [2.75, 3.05) is 55.9 Å². The molecule has 0 unspecified atom stereocenters. The number of carbonyl (C=O) groups excluding carboxylic acids is 2. The van der Waals surface area contributed by atoms with E-state index < -0.39 is 0 Å². The Hall–Kier alpha value is -4.81. The smallest absolute Gasteiger partial charge is 0.258 e. The number of nitrogens with zero attached hydrogens (tertiary/aromatic N) is 3. The number of ether oxygens (including phenoxy) is 2. The molecule has 0 atom stereocenters. The summed E-state index contributed by atoms with van der Waals surface area (Å²) in [5.41, 5.74) is 5.03. The summed E-state index contributed by atoms with van der Waals surface area (Å²) in [5.74, 6) is 0.939. The van der Waals surface area contributed by atoms with Crippen LogP contribution >= 0.6 is 0 Å². The predicted octanol–water partition coefficient (Wildman–Crippen LogP) is 4.18. The van der Waals surface area contributed by atoms with Gasteiger partial charge in [-0.1, -0.05) is 6.07 Å². The van der Waals surface area contributed by atoms with Crippen molar-refractivity contribution in [3.05, 3.63) is 77.4 Å². The fourth-order valence-corrected chi connectivity index (χ4v) is 4.61. The Bertz CT molecular complexity index is 1500. The zero-order chi connectivity index (χ0) is 27.5. The summed E-state index contributed by atoms with van der Waals surface area (Å²) in [5, 5.41) is 15.6. The first-order valence-electron chi connectivity index (χ1n) is 12.6. The van der Waals surface area contributed by atoms with Crippen molar-refractivity contribution in [1.82, 2.24) is 4.90 Å². The zero-order valence-electron chi connectivity index (χ0n) is 22.1. The highest BCUT2D eigenvalue weighted by molar-refractivity contribution is 6.37. The fraction of sp³-hybridized carbons (Fsp3) is 0.233. The number of amides is 2. The molecule has 0 radical (unpaired) electrons. The second-order valence-electron chi connectivity index (χ2n) is 9.58. The van der Waals surface area contributed by atoms with Gasteiger partial charge in [-0.2, -0.15) is 5.26 Å². The number of fused-ring (bicyclic) bond motifs is 2. The monoisotopic (exact) mass is 523 g/mol. The van der Waals surface area contributed by atoms with Crippen LogP contribution in [0, 0.1) is 11.3 Å². The lowest BCUT2D eigenvalue weighted by Crippen LogP contribution is -2.35. The fourth-order valence-electron chi connectivity index (χ4n) is 4.61. The molecule has 0 spiro atoms. The third kappa shape index (κ3) is 5.42. The lowest BCUT2D eigenvalue weighted by atomic mass is 9.98. The summed E-state index contributed by atoms with van der Waals surface area (Å²) in [6.07, 6.45) is 0. The maximum Gasteiger partial charge on any atom is 0.258 e. The van der Waals surface area contributed by atoms with Gasteiger partial charge in [0.25, 0.3) is 5.91 Å². The number of hydrogen-bond acceptors (Lipinski definition) is 7. The van der Waals surface area contributed by atoms with E-state index in [-0.39, 0.29) is 11.8 Å². The van der Waals surface area contributed by atoms with E-state index in [9.17, 15) is 14.9 Å². The maximum atomic E-state index is 13.3. The van der Waals surface area contributed by atoms with Crippen LogP contribution < -0.4 is 25.0 Å². The third-order valence-electron chi connectivity index (χ3n) is 6.57. The van der Waals surface area contributed by atoms with Crippen LogP contribution in [0.25, 0.3) is 11.3 Å². The van der Waals surface area contributed by atoms with E-state index in [0.29, 0.717) is 59.3 Å². The molecule has 5 rings (SSSR count). The van der Waals surface area contributed by atoms with Gasteiger partial charge in [0, 0.05) is 42.5 Å². The minimum absolute atomic E-state index is 0.0346. The van der Waals surface area contributed by atoms with Gasteiger partial charge in [0.2, 0.25) is 5.91 Å². The molecule has 198 valence electrons. The molecule has 2 N–H and O–H groups in total. The number of benzene rings is 3. The number of hydrogen-bond donors (Lipinski definition) is 2. The Labute approximate surface area is 227 Å². The predicted molar refractivity (Wildman–Crippen MR) is 151 cm³/mol. The van der Waals surface area contributed by atoms with Crippen LogP contribution in [0.15, 0.2) is 60.7 Å². The molecule has 0 saturated carbocycles. The van der Waals surface area contributed by atoms with Crippen molar-refractivity contribution >= 4 is 40.1 Å². The van der Waals surface area contributed by atoms with E-state index in [1.807, 2.05) is 61.5 Å². The third-order valence-corrected chi connectivity index (χ3v) is 6.57. The van der Waals surface area contributed by atoms with Gasteiger partial charge >= 0.3 is 0 Å². The molecular formula is C30H29N5O4. The van der Waals surface area contributed by atoms with Crippen LogP contribution in [0.5, 0.6) is 11.5 Å². The topological polar surface area (TPSA) is 107 Å². The van der Waals surface area contributed by atoms with Crippen molar-refractivity contribution in [2.45, 2.75) is 6.92 Å². The average Bonchev–Trinajstić information content (AvgIpc) is 3.26. The molecule has 3 aromatic carbocycles. The van der Waals surface area contributed by atoms with Gasteiger partial charge in [-0.3, -0.25) is 9.59 Å². The normalized spacial score (nSPS) is 14.8. The van der Waals surface area contributed by atoms with Gasteiger partial charge in [0.15, 0.2) is 11.5 Å². The van der Waals surface area contributed by atoms with E-state index in [2.05, 4.69) is 16.7 Å². The van der Waals surface area contributed by atoms with E-state index >= 15 is 0 Å². The van der Waals surface area contributed by atoms with Crippen LogP contribution in [0.3, 0.4) is 0 Å². The number of carbonyl (C=O) groups is 2. The number of likely N-dealkylation sites (N-methyl/N-ethyl adjacent to an activating group) is 1. The van der Waals surface area contributed by atoms with Crippen LogP contribution in [0.4, 0.5) is 17.1 Å². The molecule has 2 aliphatic rings. The molecule has 0 bridgehead atoms. The molecule has 0 fully saturated rings. The molecule has 0 aromatic heterocycles. The Morgan fingerprint density at radius 1 is 1.00 bits per heavy atom. The van der Waals surface area contributed by atoms with Gasteiger partial charge in [-0.25, -0.2) is 0 Å². The standard InChI is InChI=1S/C30H29N5O4/c1-19(36)35(13-12-34(2)3)23-8-6-22(7-9-23)32-29(21-5-11-26-27(17-21)39-15-14-38-26)28-24-10-4-20(18-31)16-25(24)33-30(28)37/h4-11,16-17,32H,12-15H2,1-3H3,(H,33,37)/b29-28-. The second kappa shape index (κ2) is 10.9. The number of nitrogens with one attached hydrogen (secondary N) is 2. The van der Waals surface area contributed by atoms with Gasteiger partial charge in [-0.15, -0.1) is 0 Å². The minimum Gasteiger partial charge on any atom is -0.486 e. The molecule has 2 heterocycles. The summed E-state index contributed by atoms with van der Waals surface area (Å²) in [6.45, 7) is 3.79. The van der Waals surface area contributed by atoms with E-state index in [0.717, 1.165) is 23.5 Å². The Kier molecular flexibility index (Phi) is 7.21. The van der Waals surface area contributed by atoms with Crippen LogP contribution in [-0.2, 0) is 9.59 Å². The molecule has 9 heteroatoms. The summed E-state index contributed by atoms with van der Waals surface area (Å²) in [7, 11) is 3.94. The molecule has 9 nitrogen and oxygen atoms in total. The number of anilines is 3. The van der Waals surface area contributed by atoms with Gasteiger partial charge in [0.1, 0.15) is 13.2 Å². The maximum absolute atomic E-state index is 13.3. The SMILES string of the molecule is CC(=O)N(CCN(C)C)c1ccc(N/C(=C2\C(=O)Nc3cc(C#N)ccc32)c2ccc3c(c2)OCCO3)cc1. The van der Waals surface area contributed by atoms with Crippen molar-refractivity contribution < 1.29 is 19.1 Å².